The fourth-order valence-electron chi connectivity index (χ4n) is 2.88. The van der Waals surface area contributed by atoms with Gasteiger partial charge < -0.3 is 27.2 Å². The first-order valence-corrected chi connectivity index (χ1v) is 9.78. The third-order valence-electron chi connectivity index (χ3n) is 4.43. The highest BCUT2D eigenvalue weighted by Gasteiger charge is 2.13. The molecule has 28 heavy (non-hydrogen) atoms. The van der Waals surface area contributed by atoms with E-state index in [-0.39, 0.29) is 18.4 Å². The van der Waals surface area contributed by atoms with Crippen molar-refractivity contribution in [2.45, 2.75) is 26.1 Å². The third-order valence-corrected chi connectivity index (χ3v) is 5.02. The van der Waals surface area contributed by atoms with Crippen molar-refractivity contribution in [2.75, 3.05) is 7.11 Å². The topological polar surface area (TPSA) is 30.5 Å². The predicted octanol–water partition coefficient (Wildman–Crippen LogP) is 2.89. The second kappa shape index (κ2) is 11.1. The average molecular weight is 462 g/mol. The van der Waals surface area contributed by atoms with Gasteiger partial charge in [-0.3, -0.25) is 0 Å². The lowest BCUT2D eigenvalue weighted by molar-refractivity contribution is -0.00000596. The summed E-state index contributed by atoms with van der Waals surface area (Å²) < 4.78 is 12.5. The summed E-state index contributed by atoms with van der Waals surface area (Å²) in [6.07, 6.45) is 0. The molecule has 1 unspecified atom stereocenters. The minimum atomic E-state index is 0. The van der Waals surface area contributed by atoms with E-state index in [1.54, 1.807) is 7.11 Å². The van der Waals surface area contributed by atoms with E-state index >= 15 is 0 Å². The lowest BCUT2D eigenvalue weighted by Crippen LogP contribution is -3.00. The van der Waals surface area contributed by atoms with E-state index in [0.29, 0.717) is 6.61 Å². The molecule has 0 saturated heterocycles. The van der Waals surface area contributed by atoms with E-state index in [9.17, 15) is 0 Å². The predicted molar refractivity (Wildman–Crippen MR) is 113 cm³/mol. The number of hydrogen-bond acceptors (Lipinski definition) is 3. The third kappa shape index (κ3) is 5.99. The van der Waals surface area contributed by atoms with Gasteiger partial charge in [0.15, 0.2) is 11.5 Å². The molecule has 0 amide bonds. The van der Waals surface area contributed by atoms with Gasteiger partial charge in [-0.05, 0) is 51.7 Å². The number of hydrogen-bond donors (Lipinski definition) is 1. The molecule has 0 aromatic heterocycles. The first-order chi connectivity index (χ1) is 13.2. The summed E-state index contributed by atoms with van der Waals surface area (Å²) in [6, 6.07) is 24.9. The summed E-state index contributed by atoms with van der Waals surface area (Å²) in [6.45, 7) is 3.40. The molecular weight excluding hydrogens is 438 g/mol. The zero-order chi connectivity index (χ0) is 19.1. The Morgan fingerprint density at radius 2 is 1.57 bits per heavy atom. The molecular formula is C23H24BrClNO2-. The van der Waals surface area contributed by atoms with Crippen LogP contribution in [0.1, 0.15) is 29.7 Å². The van der Waals surface area contributed by atoms with Crippen LogP contribution in [0.2, 0.25) is 0 Å². The van der Waals surface area contributed by atoms with Crippen molar-refractivity contribution < 1.29 is 21.9 Å². The van der Waals surface area contributed by atoms with Crippen LogP contribution in [0, 0.1) is 0 Å². The van der Waals surface area contributed by atoms with Crippen LogP contribution in [-0.2, 0) is 13.2 Å². The number of methoxy groups -OCH3 is 1. The molecule has 0 radical (unpaired) electrons. The Morgan fingerprint density at radius 3 is 2.21 bits per heavy atom. The smallest absolute Gasteiger partial charge is 0.175 e. The summed E-state index contributed by atoms with van der Waals surface area (Å²) in [5, 5.41) is 3.55. The van der Waals surface area contributed by atoms with E-state index in [1.165, 1.54) is 5.56 Å². The van der Waals surface area contributed by atoms with Gasteiger partial charge in [0.1, 0.15) is 6.61 Å². The molecule has 148 valence electrons. The molecule has 1 atom stereocenters. The van der Waals surface area contributed by atoms with Gasteiger partial charge in [0, 0.05) is 12.6 Å². The molecule has 3 aromatic carbocycles. The SMILES string of the molecule is COc1cc(CNC(C)c2ccccc2)cc(Br)c1OCc1ccccc1.[Cl-]. The maximum absolute atomic E-state index is 6.00. The highest BCUT2D eigenvalue weighted by atomic mass is 79.9. The van der Waals surface area contributed by atoms with Crippen LogP contribution >= 0.6 is 15.9 Å². The van der Waals surface area contributed by atoms with Gasteiger partial charge >= 0.3 is 0 Å². The summed E-state index contributed by atoms with van der Waals surface area (Å²) in [5.74, 6) is 1.45. The fourth-order valence-corrected chi connectivity index (χ4v) is 3.48. The van der Waals surface area contributed by atoms with Crippen LogP contribution in [0.25, 0.3) is 0 Å². The molecule has 3 rings (SSSR count). The quantitative estimate of drug-likeness (QED) is 0.560. The Kier molecular flexibility index (Phi) is 8.84. The second-order valence-corrected chi connectivity index (χ2v) is 7.25. The van der Waals surface area contributed by atoms with E-state index in [0.717, 1.165) is 33.6 Å². The lowest BCUT2D eigenvalue weighted by Gasteiger charge is -2.17. The van der Waals surface area contributed by atoms with E-state index in [4.69, 9.17) is 9.47 Å². The maximum Gasteiger partial charge on any atom is 0.175 e. The number of rotatable bonds is 8. The van der Waals surface area contributed by atoms with Gasteiger partial charge in [0.2, 0.25) is 0 Å². The molecule has 0 saturated carbocycles. The van der Waals surface area contributed by atoms with Crippen molar-refractivity contribution in [1.29, 1.82) is 0 Å². The minimum absolute atomic E-state index is 0. The second-order valence-electron chi connectivity index (χ2n) is 6.40. The summed E-state index contributed by atoms with van der Waals surface area (Å²) >= 11 is 3.63. The Bertz CT molecular complexity index is 859. The van der Waals surface area contributed by atoms with Gasteiger partial charge in [-0.1, -0.05) is 60.7 Å². The molecule has 5 heteroatoms. The van der Waals surface area contributed by atoms with Crippen molar-refractivity contribution in [1.82, 2.24) is 5.32 Å². The van der Waals surface area contributed by atoms with Crippen LogP contribution in [0.15, 0.2) is 77.3 Å². The molecule has 0 spiro atoms. The van der Waals surface area contributed by atoms with Gasteiger partial charge in [-0.2, -0.15) is 0 Å². The largest absolute Gasteiger partial charge is 1.00 e. The molecule has 1 N–H and O–H groups in total. The highest BCUT2D eigenvalue weighted by molar-refractivity contribution is 9.10. The summed E-state index contributed by atoms with van der Waals surface area (Å²) in [7, 11) is 1.67. The Labute approximate surface area is 181 Å². The fraction of sp³-hybridized carbons (Fsp3) is 0.217. The standard InChI is InChI=1S/C23H24BrNO2.ClH/c1-17(20-11-7-4-8-12-20)25-15-19-13-21(24)23(22(14-19)26-2)27-16-18-9-5-3-6-10-18;/h3-14,17,25H,15-16H2,1-2H3;1H/p-1. The van der Waals surface area contributed by atoms with Crippen LogP contribution in [-0.4, -0.2) is 7.11 Å². The molecule has 0 fully saturated rings. The number of benzene rings is 3. The van der Waals surface area contributed by atoms with Gasteiger partial charge in [-0.15, -0.1) is 0 Å². The normalized spacial score (nSPS) is 11.4. The minimum Gasteiger partial charge on any atom is -1.00 e. The summed E-state index contributed by atoms with van der Waals surface area (Å²) in [4.78, 5) is 0. The van der Waals surface area contributed by atoms with Crippen LogP contribution in [0.5, 0.6) is 11.5 Å². The van der Waals surface area contributed by atoms with Crippen molar-refractivity contribution >= 4 is 15.9 Å². The van der Waals surface area contributed by atoms with Crippen LogP contribution in [0.3, 0.4) is 0 Å². The first kappa shape index (κ1) is 22.3. The Morgan fingerprint density at radius 1 is 0.929 bits per heavy atom. The Balaban J connectivity index is 0.00000280. The monoisotopic (exact) mass is 460 g/mol. The van der Waals surface area contributed by atoms with Crippen molar-refractivity contribution in [3.05, 3.63) is 94.0 Å². The molecule has 0 aliphatic rings. The van der Waals surface area contributed by atoms with Gasteiger partial charge in [0.05, 0.1) is 11.6 Å². The first-order valence-electron chi connectivity index (χ1n) is 8.99. The van der Waals surface area contributed by atoms with Crippen LogP contribution < -0.4 is 27.2 Å². The molecule has 3 nitrogen and oxygen atoms in total. The van der Waals surface area contributed by atoms with Crippen LogP contribution in [0.4, 0.5) is 0 Å². The molecule has 0 aliphatic carbocycles. The maximum atomic E-state index is 6.00. The van der Waals surface area contributed by atoms with E-state index < -0.39 is 0 Å². The van der Waals surface area contributed by atoms with E-state index in [1.807, 2.05) is 42.5 Å². The van der Waals surface area contributed by atoms with Gasteiger partial charge in [0.25, 0.3) is 0 Å². The van der Waals surface area contributed by atoms with Crippen molar-refractivity contribution in [3.63, 3.8) is 0 Å². The molecule has 0 aliphatic heterocycles. The Hall–Kier alpha value is -2.01. The number of ether oxygens (including phenoxy) is 2. The summed E-state index contributed by atoms with van der Waals surface area (Å²) in [5.41, 5.74) is 3.52. The number of halogens is 2. The van der Waals surface area contributed by atoms with Crippen molar-refractivity contribution in [2.24, 2.45) is 0 Å². The molecule has 0 heterocycles. The average Bonchev–Trinajstić information content (AvgIpc) is 2.72. The zero-order valence-corrected chi connectivity index (χ0v) is 18.3. The van der Waals surface area contributed by atoms with Crippen molar-refractivity contribution in [3.8, 4) is 11.5 Å². The lowest BCUT2D eigenvalue weighted by atomic mass is 10.1. The van der Waals surface area contributed by atoms with Gasteiger partial charge in [-0.25, -0.2) is 0 Å². The highest BCUT2D eigenvalue weighted by Crippen LogP contribution is 2.37. The molecule has 0 bridgehead atoms. The zero-order valence-electron chi connectivity index (χ0n) is 16.0. The molecule has 3 aromatic rings. The number of nitrogens with one attached hydrogen (secondary N) is 1. The van der Waals surface area contributed by atoms with E-state index in [2.05, 4.69) is 58.5 Å².